The smallest absolute Gasteiger partial charge is 0.248 e. The Morgan fingerprint density at radius 2 is 2.50 bits per heavy atom. The Morgan fingerprint density at radius 1 is 1.71 bits per heavy atom. The second-order valence-corrected chi connectivity index (χ2v) is 3.67. The minimum atomic E-state index is -0.340. The largest absolute Gasteiger partial charge is 0.372 e. The molecule has 0 aromatic rings. The fourth-order valence-corrected chi connectivity index (χ4v) is 1.56. The Balaban J connectivity index is 2.11. The van der Waals surface area contributed by atoms with Crippen molar-refractivity contribution in [3.8, 4) is 0 Å². The zero-order valence-corrected chi connectivity index (χ0v) is 9.01. The maximum absolute atomic E-state index is 11.3. The molecule has 0 heterocycles. The van der Waals surface area contributed by atoms with E-state index in [-0.39, 0.29) is 12.0 Å². The lowest BCUT2D eigenvalue weighted by molar-refractivity contribution is -0.129. The van der Waals surface area contributed by atoms with Gasteiger partial charge in [0.05, 0.1) is 0 Å². The number of amides is 1. The lowest BCUT2D eigenvalue weighted by Crippen LogP contribution is -2.34. The van der Waals surface area contributed by atoms with E-state index in [1.165, 1.54) is 24.8 Å². The third kappa shape index (κ3) is 3.50. The molecular weight excluding hydrogens is 178 g/mol. The standard InChI is InChI=1S/C11H19NO2/c1-9(14-2)11(13)12-8-7-10-5-3-4-6-10/h5,9H,3-4,6-8H2,1-2H3,(H,12,13). The second kappa shape index (κ2) is 5.81. The predicted octanol–water partition coefficient (Wildman–Crippen LogP) is 1.64. The Labute approximate surface area is 85.5 Å². The summed E-state index contributed by atoms with van der Waals surface area (Å²) in [5.41, 5.74) is 1.48. The SMILES string of the molecule is COC(C)C(=O)NCCC1=CCCC1. The number of carbonyl (C=O) groups is 1. The minimum absolute atomic E-state index is 0.0221. The van der Waals surface area contributed by atoms with Gasteiger partial charge >= 0.3 is 0 Å². The van der Waals surface area contributed by atoms with Crippen LogP contribution in [-0.2, 0) is 9.53 Å². The van der Waals surface area contributed by atoms with Gasteiger partial charge in [0.1, 0.15) is 6.10 Å². The summed E-state index contributed by atoms with van der Waals surface area (Å²) in [4.78, 5) is 11.3. The summed E-state index contributed by atoms with van der Waals surface area (Å²) in [7, 11) is 1.55. The molecule has 0 fully saturated rings. The summed E-state index contributed by atoms with van der Waals surface area (Å²) in [5.74, 6) is -0.0221. The molecule has 1 atom stereocenters. The highest BCUT2D eigenvalue weighted by Gasteiger charge is 2.10. The summed E-state index contributed by atoms with van der Waals surface area (Å²) in [5, 5.41) is 2.86. The van der Waals surface area contributed by atoms with Crippen LogP contribution in [0.4, 0.5) is 0 Å². The Morgan fingerprint density at radius 3 is 3.07 bits per heavy atom. The van der Waals surface area contributed by atoms with Crippen molar-refractivity contribution in [2.45, 2.75) is 38.7 Å². The molecule has 1 N–H and O–H groups in total. The van der Waals surface area contributed by atoms with Crippen molar-refractivity contribution in [3.63, 3.8) is 0 Å². The van der Waals surface area contributed by atoms with Crippen LogP contribution >= 0.6 is 0 Å². The van der Waals surface area contributed by atoms with Gasteiger partial charge in [-0.2, -0.15) is 0 Å². The van der Waals surface area contributed by atoms with Crippen molar-refractivity contribution < 1.29 is 9.53 Å². The van der Waals surface area contributed by atoms with Crippen molar-refractivity contribution in [3.05, 3.63) is 11.6 Å². The van der Waals surface area contributed by atoms with Gasteiger partial charge in [0.15, 0.2) is 0 Å². The van der Waals surface area contributed by atoms with E-state index in [2.05, 4.69) is 11.4 Å². The number of ether oxygens (including phenoxy) is 1. The molecule has 0 radical (unpaired) electrons. The highest BCUT2D eigenvalue weighted by atomic mass is 16.5. The average molecular weight is 197 g/mol. The van der Waals surface area contributed by atoms with Gasteiger partial charge in [-0.3, -0.25) is 4.79 Å². The second-order valence-electron chi connectivity index (χ2n) is 3.67. The van der Waals surface area contributed by atoms with Crippen molar-refractivity contribution in [2.75, 3.05) is 13.7 Å². The van der Waals surface area contributed by atoms with E-state index in [1.807, 2.05) is 0 Å². The molecule has 1 unspecified atom stereocenters. The van der Waals surface area contributed by atoms with Crippen molar-refractivity contribution in [1.82, 2.24) is 5.32 Å². The topological polar surface area (TPSA) is 38.3 Å². The molecule has 14 heavy (non-hydrogen) atoms. The Kier molecular flexibility index (Phi) is 4.66. The normalized spacial score (nSPS) is 17.7. The summed E-state index contributed by atoms with van der Waals surface area (Å²) in [6.45, 7) is 2.49. The van der Waals surface area contributed by atoms with E-state index in [0.717, 1.165) is 13.0 Å². The monoisotopic (exact) mass is 197 g/mol. The maximum Gasteiger partial charge on any atom is 0.248 e. The third-order valence-electron chi connectivity index (χ3n) is 2.60. The van der Waals surface area contributed by atoms with E-state index >= 15 is 0 Å². The van der Waals surface area contributed by atoms with Crippen LogP contribution < -0.4 is 5.32 Å². The Bertz CT molecular complexity index is 223. The van der Waals surface area contributed by atoms with Crippen molar-refractivity contribution in [1.29, 1.82) is 0 Å². The molecule has 0 spiro atoms. The van der Waals surface area contributed by atoms with E-state index in [1.54, 1.807) is 14.0 Å². The molecule has 3 nitrogen and oxygen atoms in total. The molecule has 0 aromatic carbocycles. The molecule has 3 heteroatoms. The van der Waals surface area contributed by atoms with Crippen LogP contribution in [0.1, 0.15) is 32.6 Å². The van der Waals surface area contributed by atoms with Gasteiger partial charge < -0.3 is 10.1 Å². The number of hydrogen-bond acceptors (Lipinski definition) is 2. The number of methoxy groups -OCH3 is 1. The zero-order valence-electron chi connectivity index (χ0n) is 9.01. The van der Waals surface area contributed by atoms with E-state index in [4.69, 9.17) is 4.74 Å². The van der Waals surface area contributed by atoms with Gasteiger partial charge in [-0.15, -0.1) is 0 Å². The van der Waals surface area contributed by atoms with Crippen LogP contribution in [0.5, 0.6) is 0 Å². The summed E-state index contributed by atoms with van der Waals surface area (Å²) in [6.07, 6.45) is 6.62. The number of hydrogen-bond donors (Lipinski definition) is 1. The quantitative estimate of drug-likeness (QED) is 0.680. The molecule has 1 amide bonds. The van der Waals surface area contributed by atoms with Gasteiger partial charge in [-0.25, -0.2) is 0 Å². The summed E-state index contributed by atoms with van der Waals surface area (Å²) in [6, 6.07) is 0. The number of carbonyl (C=O) groups excluding carboxylic acids is 1. The van der Waals surface area contributed by atoms with Crippen LogP contribution in [0.15, 0.2) is 11.6 Å². The molecule has 1 aliphatic carbocycles. The Hall–Kier alpha value is -0.830. The average Bonchev–Trinajstić information content (AvgIpc) is 2.69. The van der Waals surface area contributed by atoms with Gasteiger partial charge in [0.2, 0.25) is 5.91 Å². The zero-order chi connectivity index (χ0) is 10.4. The van der Waals surface area contributed by atoms with Crippen LogP contribution in [-0.4, -0.2) is 25.7 Å². The highest BCUT2D eigenvalue weighted by Crippen LogP contribution is 2.19. The van der Waals surface area contributed by atoms with Gasteiger partial charge in [0.25, 0.3) is 0 Å². The van der Waals surface area contributed by atoms with Crippen molar-refractivity contribution in [2.24, 2.45) is 0 Å². The molecule has 0 aliphatic heterocycles. The summed E-state index contributed by atoms with van der Waals surface area (Å²) >= 11 is 0. The van der Waals surface area contributed by atoms with Crippen LogP contribution in [0.3, 0.4) is 0 Å². The van der Waals surface area contributed by atoms with Crippen LogP contribution in [0.25, 0.3) is 0 Å². The fourth-order valence-electron chi connectivity index (χ4n) is 1.56. The van der Waals surface area contributed by atoms with Crippen LogP contribution in [0, 0.1) is 0 Å². The number of nitrogens with one attached hydrogen (secondary N) is 1. The molecule has 0 aromatic heterocycles. The van der Waals surface area contributed by atoms with E-state index < -0.39 is 0 Å². The molecule has 1 aliphatic rings. The fraction of sp³-hybridized carbons (Fsp3) is 0.727. The molecule has 0 bridgehead atoms. The molecular formula is C11H19NO2. The van der Waals surface area contributed by atoms with Crippen molar-refractivity contribution >= 4 is 5.91 Å². The molecule has 0 saturated carbocycles. The lowest BCUT2D eigenvalue weighted by Gasteiger charge is -2.10. The lowest BCUT2D eigenvalue weighted by atomic mass is 10.2. The van der Waals surface area contributed by atoms with E-state index in [9.17, 15) is 4.79 Å². The number of rotatable bonds is 5. The predicted molar refractivity (Wildman–Crippen MR) is 56.0 cm³/mol. The first-order chi connectivity index (χ1) is 6.74. The third-order valence-corrected chi connectivity index (χ3v) is 2.60. The minimum Gasteiger partial charge on any atom is -0.372 e. The molecule has 0 saturated heterocycles. The molecule has 1 rings (SSSR count). The molecule has 80 valence electrons. The highest BCUT2D eigenvalue weighted by molar-refractivity contribution is 5.80. The van der Waals surface area contributed by atoms with Gasteiger partial charge in [-0.1, -0.05) is 11.6 Å². The summed E-state index contributed by atoms with van der Waals surface area (Å²) < 4.78 is 4.91. The first-order valence-corrected chi connectivity index (χ1v) is 5.22. The first kappa shape index (κ1) is 11.2. The van der Waals surface area contributed by atoms with Gasteiger partial charge in [0, 0.05) is 13.7 Å². The maximum atomic E-state index is 11.3. The van der Waals surface area contributed by atoms with Gasteiger partial charge in [-0.05, 0) is 32.6 Å². The van der Waals surface area contributed by atoms with Crippen LogP contribution in [0.2, 0.25) is 0 Å². The first-order valence-electron chi connectivity index (χ1n) is 5.22. The van der Waals surface area contributed by atoms with E-state index in [0.29, 0.717) is 0 Å². The number of allylic oxidation sites excluding steroid dienone is 1.